The van der Waals surface area contributed by atoms with E-state index in [1.54, 1.807) is 11.7 Å². The minimum absolute atomic E-state index is 0.155. The maximum atomic E-state index is 13.2. The lowest BCUT2D eigenvalue weighted by Crippen LogP contribution is -2.52. The van der Waals surface area contributed by atoms with Crippen molar-refractivity contribution in [2.24, 2.45) is 5.73 Å². The molecule has 0 spiro atoms. The number of ether oxygens (including phenoxy) is 1. The van der Waals surface area contributed by atoms with Gasteiger partial charge >= 0.3 is 12.1 Å². The first-order chi connectivity index (χ1) is 19.5. The SMILES string of the molecule is CNC(=O)NC(CCN)C(=O)NC(CCC(Cc1ccccc1)NC(=O)OCc1cncs1)Cc1ccccc1. The highest BCUT2D eigenvalue weighted by atomic mass is 32.1. The summed E-state index contributed by atoms with van der Waals surface area (Å²) >= 11 is 1.42. The van der Waals surface area contributed by atoms with E-state index < -0.39 is 18.2 Å². The second-order valence-electron chi connectivity index (χ2n) is 9.40. The molecule has 0 saturated heterocycles. The van der Waals surface area contributed by atoms with Crippen molar-refractivity contribution in [2.45, 2.75) is 56.8 Å². The van der Waals surface area contributed by atoms with Crippen LogP contribution < -0.4 is 27.0 Å². The summed E-state index contributed by atoms with van der Waals surface area (Å²) < 4.78 is 5.42. The highest BCUT2D eigenvalue weighted by Gasteiger charge is 2.24. The molecule has 0 saturated carbocycles. The summed E-state index contributed by atoms with van der Waals surface area (Å²) in [6.07, 6.45) is 3.85. The molecule has 3 atom stereocenters. The topological polar surface area (TPSA) is 147 Å². The highest BCUT2D eigenvalue weighted by Crippen LogP contribution is 2.14. The van der Waals surface area contributed by atoms with Gasteiger partial charge < -0.3 is 31.7 Å². The van der Waals surface area contributed by atoms with Crippen LogP contribution in [0.3, 0.4) is 0 Å². The molecule has 1 aromatic heterocycles. The number of carbonyl (C=O) groups is 3. The average molecular weight is 567 g/mol. The van der Waals surface area contributed by atoms with Gasteiger partial charge in [-0.1, -0.05) is 60.7 Å². The molecular formula is C29H38N6O4S. The van der Waals surface area contributed by atoms with E-state index in [0.29, 0.717) is 32.1 Å². The lowest BCUT2D eigenvalue weighted by atomic mass is 9.95. The number of alkyl carbamates (subject to hydrolysis) is 1. The first-order valence-corrected chi connectivity index (χ1v) is 14.2. The summed E-state index contributed by atoms with van der Waals surface area (Å²) in [6.45, 7) is 0.403. The van der Waals surface area contributed by atoms with E-state index in [4.69, 9.17) is 10.5 Å². The van der Waals surface area contributed by atoms with Gasteiger partial charge in [-0.3, -0.25) is 9.78 Å². The smallest absolute Gasteiger partial charge is 0.407 e. The van der Waals surface area contributed by atoms with Gasteiger partial charge in [-0.25, -0.2) is 9.59 Å². The lowest BCUT2D eigenvalue weighted by Gasteiger charge is -2.26. The van der Waals surface area contributed by atoms with Crippen LogP contribution in [0.15, 0.2) is 72.4 Å². The second-order valence-corrected chi connectivity index (χ2v) is 10.4. The van der Waals surface area contributed by atoms with Crippen molar-refractivity contribution in [3.05, 3.63) is 88.4 Å². The Kier molecular flexibility index (Phi) is 12.9. The summed E-state index contributed by atoms with van der Waals surface area (Å²) in [5, 5.41) is 11.3. The summed E-state index contributed by atoms with van der Waals surface area (Å²) in [5.74, 6) is -0.300. The van der Waals surface area contributed by atoms with Crippen LogP contribution in [0.5, 0.6) is 0 Å². The lowest BCUT2D eigenvalue weighted by molar-refractivity contribution is -0.123. The minimum Gasteiger partial charge on any atom is -0.444 e. The Balaban J connectivity index is 1.70. The van der Waals surface area contributed by atoms with Crippen LogP contribution >= 0.6 is 11.3 Å². The molecule has 0 aliphatic heterocycles. The van der Waals surface area contributed by atoms with Crippen LogP contribution in [0.25, 0.3) is 0 Å². The number of amides is 4. The number of hydrogen-bond donors (Lipinski definition) is 5. The number of benzene rings is 2. The molecule has 2 aromatic carbocycles. The highest BCUT2D eigenvalue weighted by molar-refractivity contribution is 7.09. The monoisotopic (exact) mass is 566 g/mol. The van der Waals surface area contributed by atoms with Gasteiger partial charge in [0, 0.05) is 25.3 Å². The largest absolute Gasteiger partial charge is 0.444 e. The van der Waals surface area contributed by atoms with Crippen LogP contribution in [0, 0.1) is 0 Å². The quantitative estimate of drug-likeness (QED) is 0.191. The fraction of sp³-hybridized carbons (Fsp3) is 0.379. The van der Waals surface area contributed by atoms with Crippen LogP contribution in [-0.4, -0.2) is 54.7 Å². The average Bonchev–Trinajstić information content (AvgIpc) is 3.49. The molecule has 11 heteroatoms. The van der Waals surface area contributed by atoms with Crippen molar-refractivity contribution < 1.29 is 19.1 Å². The molecule has 0 aliphatic rings. The molecule has 40 heavy (non-hydrogen) atoms. The zero-order valence-electron chi connectivity index (χ0n) is 22.7. The summed E-state index contributed by atoms with van der Waals surface area (Å²) in [6, 6.07) is 18.1. The van der Waals surface area contributed by atoms with Gasteiger partial charge in [0.2, 0.25) is 5.91 Å². The van der Waals surface area contributed by atoms with Crippen molar-refractivity contribution in [1.82, 2.24) is 26.3 Å². The number of nitrogens with zero attached hydrogens (tertiary/aromatic N) is 1. The van der Waals surface area contributed by atoms with Crippen molar-refractivity contribution in [3.63, 3.8) is 0 Å². The molecule has 0 radical (unpaired) electrons. The Morgan fingerprint density at radius 3 is 2.00 bits per heavy atom. The van der Waals surface area contributed by atoms with Crippen molar-refractivity contribution >= 4 is 29.4 Å². The number of thiazole rings is 1. The zero-order chi connectivity index (χ0) is 28.6. The summed E-state index contributed by atoms with van der Waals surface area (Å²) in [7, 11) is 1.49. The van der Waals surface area contributed by atoms with Gasteiger partial charge in [-0.2, -0.15) is 0 Å². The number of aromatic nitrogens is 1. The Bertz CT molecular complexity index is 1160. The van der Waals surface area contributed by atoms with Crippen LogP contribution in [0.1, 0.15) is 35.3 Å². The third-order valence-electron chi connectivity index (χ3n) is 6.32. The maximum absolute atomic E-state index is 13.2. The molecule has 10 nitrogen and oxygen atoms in total. The third kappa shape index (κ3) is 11.0. The maximum Gasteiger partial charge on any atom is 0.407 e. The van der Waals surface area contributed by atoms with E-state index in [0.717, 1.165) is 16.0 Å². The molecule has 214 valence electrons. The predicted octanol–water partition coefficient (Wildman–Crippen LogP) is 3.13. The van der Waals surface area contributed by atoms with E-state index in [-0.39, 0.29) is 31.1 Å². The van der Waals surface area contributed by atoms with Gasteiger partial charge in [-0.15, -0.1) is 11.3 Å². The zero-order valence-corrected chi connectivity index (χ0v) is 23.5. The molecule has 0 aliphatic carbocycles. The van der Waals surface area contributed by atoms with Gasteiger partial charge in [0.05, 0.1) is 10.4 Å². The molecule has 1 heterocycles. The second kappa shape index (κ2) is 16.9. The third-order valence-corrected chi connectivity index (χ3v) is 7.07. The fourth-order valence-electron chi connectivity index (χ4n) is 4.28. The van der Waals surface area contributed by atoms with Gasteiger partial charge in [0.25, 0.3) is 0 Å². The van der Waals surface area contributed by atoms with Gasteiger partial charge in [0.15, 0.2) is 0 Å². The molecule has 6 N–H and O–H groups in total. The van der Waals surface area contributed by atoms with E-state index in [1.165, 1.54) is 18.4 Å². The first kappa shape index (κ1) is 30.6. The van der Waals surface area contributed by atoms with Crippen LogP contribution in [0.2, 0.25) is 0 Å². The van der Waals surface area contributed by atoms with E-state index in [1.807, 2.05) is 60.7 Å². The van der Waals surface area contributed by atoms with E-state index >= 15 is 0 Å². The summed E-state index contributed by atoms with van der Waals surface area (Å²) in [4.78, 5) is 42.6. The molecule has 0 fully saturated rings. The first-order valence-electron chi connectivity index (χ1n) is 13.3. The number of nitrogens with two attached hydrogens (primary N) is 1. The van der Waals surface area contributed by atoms with Crippen molar-refractivity contribution in [3.8, 4) is 0 Å². The molecule has 3 unspecified atom stereocenters. The summed E-state index contributed by atoms with van der Waals surface area (Å²) in [5.41, 5.74) is 9.55. The van der Waals surface area contributed by atoms with Gasteiger partial charge in [-0.05, 0) is 49.8 Å². The molecule has 3 rings (SSSR count). The Hall–Kier alpha value is -3.96. The van der Waals surface area contributed by atoms with Gasteiger partial charge in [0.1, 0.15) is 12.6 Å². The van der Waals surface area contributed by atoms with Crippen molar-refractivity contribution in [1.29, 1.82) is 0 Å². The minimum atomic E-state index is -0.761. The number of hydrogen-bond acceptors (Lipinski definition) is 7. The fourth-order valence-corrected chi connectivity index (χ4v) is 4.78. The number of nitrogens with one attached hydrogen (secondary N) is 4. The Morgan fingerprint density at radius 1 is 0.875 bits per heavy atom. The Labute approximate surface area is 239 Å². The molecule has 3 aromatic rings. The molecule has 4 amide bonds. The van der Waals surface area contributed by atoms with Crippen LogP contribution in [-0.2, 0) is 29.0 Å². The normalized spacial score (nSPS) is 12.9. The van der Waals surface area contributed by atoms with E-state index in [2.05, 4.69) is 26.3 Å². The number of carbonyl (C=O) groups excluding carboxylic acids is 3. The predicted molar refractivity (Wildman–Crippen MR) is 156 cm³/mol. The van der Waals surface area contributed by atoms with Crippen molar-refractivity contribution in [2.75, 3.05) is 13.6 Å². The molecular weight excluding hydrogens is 528 g/mol. The number of urea groups is 1. The molecule has 0 bridgehead atoms. The van der Waals surface area contributed by atoms with E-state index in [9.17, 15) is 14.4 Å². The standard InChI is InChI=1S/C29H38N6O4S/c1-31-28(37)35-26(14-15-30)27(36)33-23(16-21-8-4-2-5-9-21)12-13-24(17-22-10-6-3-7-11-22)34-29(38)39-19-25-18-32-20-40-25/h2-11,18,20,23-24,26H,12-17,19,30H2,1H3,(H,33,36)(H,34,38)(H2,31,35,37). The van der Waals surface area contributed by atoms with Crippen LogP contribution in [0.4, 0.5) is 9.59 Å². The Morgan fingerprint density at radius 2 is 1.48 bits per heavy atom. The number of rotatable bonds is 15.